The second-order valence-corrected chi connectivity index (χ2v) is 4.50. The van der Waals surface area contributed by atoms with Gasteiger partial charge in [0.1, 0.15) is 18.2 Å². The molecule has 0 spiro atoms. The fourth-order valence-corrected chi connectivity index (χ4v) is 1.75. The molecule has 0 heterocycles. The number of carbonyl (C=O) groups excluding carboxylic acids is 1. The van der Waals surface area contributed by atoms with Gasteiger partial charge in [0, 0.05) is 17.8 Å². The van der Waals surface area contributed by atoms with Crippen LogP contribution in [0.1, 0.15) is 5.56 Å². The van der Waals surface area contributed by atoms with Crippen LogP contribution in [0.2, 0.25) is 0 Å². The zero-order valence-corrected chi connectivity index (χ0v) is 12.0. The lowest BCUT2D eigenvalue weighted by atomic mass is 10.2. The minimum Gasteiger partial charge on any atom is -0.489 e. The number of hydrogen-bond donors (Lipinski definition) is 1. The van der Waals surface area contributed by atoms with Crippen molar-refractivity contribution in [2.24, 2.45) is 0 Å². The van der Waals surface area contributed by atoms with E-state index in [-0.39, 0.29) is 11.7 Å². The van der Waals surface area contributed by atoms with Gasteiger partial charge in [-0.2, -0.15) is 0 Å². The molecule has 2 aromatic rings. The zero-order valence-electron chi connectivity index (χ0n) is 12.0. The van der Waals surface area contributed by atoms with E-state index < -0.39 is 0 Å². The monoisotopic (exact) mass is 297 g/mol. The van der Waals surface area contributed by atoms with Gasteiger partial charge in [-0.3, -0.25) is 4.79 Å². The molecular weight excluding hydrogens is 281 g/mol. The predicted molar refractivity (Wildman–Crippen MR) is 86.2 cm³/mol. The van der Waals surface area contributed by atoms with Crippen LogP contribution in [-0.4, -0.2) is 12.5 Å². The van der Waals surface area contributed by atoms with Gasteiger partial charge in [0.2, 0.25) is 5.91 Å². The van der Waals surface area contributed by atoms with E-state index in [0.29, 0.717) is 18.0 Å². The smallest absolute Gasteiger partial charge is 0.248 e. The van der Waals surface area contributed by atoms with E-state index in [4.69, 9.17) is 4.74 Å². The van der Waals surface area contributed by atoms with Gasteiger partial charge in [-0.25, -0.2) is 4.39 Å². The quantitative estimate of drug-likeness (QED) is 0.645. The molecule has 0 saturated carbocycles. The Morgan fingerprint density at radius 3 is 2.73 bits per heavy atom. The van der Waals surface area contributed by atoms with E-state index in [9.17, 15) is 9.18 Å². The number of ether oxygens (including phenoxy) is 1. The summed E-state index contributed by atoms with van der Waals surface area (Å²) in [6.07, 6.45) is 4.66. The summed E-state index contributed by atoms with van der Waals surface area (Å²) in [4.78, 5) is 11.8. The van der Waals surface area contributed by atoms with Crippen molar-refractivity contribution >= 4 is 17.7 Å². The van der Waals surface area contributed by atoms with E-state index in [1.165, 1.54) is 18.2 Å². The number of nitrogens with one attached hydrogen (secondary N) is 1. The van der Waals surface area contributed by atoms with Crippen molar-refractivity contribution in [3.63, 3.8) is 0 Å². The van der Waals surface area contributed by atoms with Crippen LogP contribution in [-0.2, 0) is 4.79 Å². The number of benzene rings is 2. The third-order valence-electron chi connectivity index (χ3n) is 2.77. The van der Waals surface area contributed by atoms with Gasteiger partial charge in [-0.1, -0.05) is 30.9 Å². The molecule has 0 saturated heterocycles. The lowest BCUT2D eigenvalue weighted by Gasteiger charge is -2.06. The summed E-state index contributed by atoms with van der Waals surface area (Å²) in [5.41, 5.74) is 1.38. The van der Waals surface area contributed by atoms with Gasteiger partial charge in [0.25, 0.3) is 0 Å². The van der Waals surface area contributed by atoms with E-state index in [0.717, 1.165) is 5.56 Å². The summed E-state index contributed by atoms with van der Waals surface area (Å²) in [6, 6.07) is 13.0. The molecule has 0 radical (unpaired) electrons. The normalized spacial score (nSPS) is 10.4. The average Bonchev–Trinajstić information content (AvgIpc) is 2.53. The Balaban J connectivity index is 1.96. The van der Waals surface area contributed by atoms with Gasteiger partial charge < -0.3 is 10.1 Å². The topological polar surface area (TPSA) is 38.3 Å². The van der Waals surface area contributed by atoms with Gasteiger partial charge >= 0.3 is 0 Å². The summed E-state index contributed by atoms with van der Waals surface area (Å²) < 4.78 is 18.2. The van der Waals surface area contributed by atoms with Crippen LogP contribution in [0.4, 0.5) is 10.1 Å². The van der Waals surface area contributed by atoms with Crippen molar-refractivity contribution in [3.05, 3.63) is 78.6 Å². The maximum absolute atomic E-state index is 12.8. The minimum absolute atomic E-state index is 0.273. The molecule has 0 fully saturated rings. The van der Waals surface area contributed by atoms with Gasteiger partial charge in [-0.05, 0) is 35.9 Å². The molecule has 2 aromatic carbocycles. The Morgan fingerprint density at radius 2 is 2.00 bits per heavy atom. The Hall–Kier alpha value is -2.88. The molecule has 0 aromatic heterocycles. The van der Waals surface area contributed by atoms with Crippen LogP contribution in [0, 0.1) is 5.82 Å². The molecule has 0 aliphatic heterocycles. The largest absolute Gasteiger partial charge is 0.489 e. The number of carbonyl (C=O) groups is 1. The first-order valence-electron chi connectivity index (χ1n) is 6.76. The van der Waals surface area contributed by atoms with Gasteiger partial charge in [0.05, 0.1) is 0 Å². The molecule has 3 nitrogen and oxygen atoms in total. The van der Waals surface area contributed by atoms with E-state index in [1.54, 1.807) is 48.6 Å². The van der Waals surface area contributed by atoms with Crippen molar-refractivity contribution in [2.45, 2.75) is 0 Å². The number of halogens is 1. The summed E-state index contributed by atoms with van der Waals surface area (Å²) in [5, 5.41) is 2.73. The fraction of sp³-hybridized carbons (Fsp3) is 0.0556. The summed E-state index contributed by atoms with van der Waals surface area (Å²) in [5.74, 6) is 0.0725. The second kappa shape index (κ2) is 7.78. The molecule has 0 unspecified atom stereocenters. The van der Waals surface area contributed by atoms with Crippen LogP contribution in [0.25, 0.3) is 6.08 Å². The van der Waals surface area contributed by atoms with E-state index in [1.807, 2.05) is 0 Å². The van der Waals surface area contributed by atoms with Crippen molar-refractivity contribution in [3.8, 4) is 5.75 Å². The van der Waals surface area contributed by atoms with Gasteiger partial charge in [-0.15, -0.1) is 0 Å². The van der Waals surface area contributed by atoms with Crippen LogP contribution in [0.5, 0.6) is 5.75 Å². The highest BCUT2D eigenvalue weighted by Gasteiger charge is 2.00. The van der Waals surface area contributed by atoms with Crippen LogP contribution in [0.3, 0.4) is 0 Å². The van der Waals surface area contributed by atoms with Crippen molar-refractivity contribution in [1.82, 2.24) is 0 Å². The first-order chi connectivity index (χ1) is 10.7. The first kappa shape index (κ1) is 15.5. The number of hydrogen-bond acceptors (Lipinski definition) is 2. The summed E-state index contributed by atoms with van der Waals surface area (Å²) >= 11 is 0. The van der Waals surface area contributed by atoms with E-state index in [2.05, 4.69) is 11.9 Å². The highest BCUT2D eigenvalue weighted by molar-refractivity contribution is 6.02. The molecule has 0 aliphatic carbocycles. The van der Waals surface area contributed by atoms with E-state index >= 15 is 0 Å². The lowest BCUT2D eigenvalue weighted by Crippen LogP contribution is -2.07. The zero-order chi connectivity index (χ0) is 15.8. The van der Waals surface area contributed by atoms with Crippen molar-refractivity contribution in [2.75, 3.05) is 11.9 Å². The second-order valence-electron chi connectivity index (χ2n) is 4.50. The predicted octanol–water partition coefficient (Wildman–Crippen LogP) is 4.04. The van der Waals surface area contributed by atoms with Crippen LogP contribution >= 0.6 is 0 Å². The first-order valence-corrected chi connectivity index (χ1v) is 6.76. The Kier molecular flexibility index (Phi) is 5.49. The van der Waals surface area contributed by atoms with Crippen molar-refractivity contribution in [1.29, 1.82) is 0 Å². The third kappa shape index (κ3) is 4.90. The molecule has 4 heteroatoms. The fourth-order valence-electron chi connectivity index (χ4n) is 1.75. The summed E-state index contributed by atoms with van der Waals surface area (Å²) in [7, 11) is 0. The summed E-state index contributed by atoms with van der Waals surface area (Å²) in [6.45, 7) is 3.98. The number of anilines is 1. The molecule has 2 rings (SSSR count). The molecule has 112 valence electrons. The Labute approximate surface area is 128 Å². The lowest BCUT2D eigenvalue weighted by molar-refractivity contribution is -0.111. The molecule has 1 N–H and O–H groups in total. The molecule has 0 aliphatic rings. The van der Waals surface area contributed by atoms with Crippen molar-refractivity contribution < 1.29 is 13.9 Å². The Morgan fingerprint density at radius 1 is 1.23 bits per heavy atom. The highest BCUT2D eigenvalue weighted by atomic mass is 19.1. The highest BCUT2D eigenvalue weighted by Crippen LogP contribution is 2.17. The average molecular weight is 297 g/mol. The maximum atomic E-state index is 12.8. The maximum Gasteiger partial charge on any atom is 0.248 e. The molecule has 0 bridgehead atoms. The molecule has 22 heavy (non-hydrogen) atoms. The molecule has 0 atom stereocenters. The minimum atomic E-state index is -0.307. The van der Waals surface area contributed by atoms with Crippen LogP contribution < -0.4 is 10.1 Å². The molecular formula is C18H16FNO2. The van der Waals surface area contributed by atoms with Crippen LogP contribution in [0.15, 0.2) is 67.3 Å². The molecule has 1 amide bonds. The number of amides is 1. The van der Waals surface area contributed by atoms with Gasteiger partial charge in [0.15, 0.2) is 0 Å². The SMILES string of the molecule is C=CCOc1cccc(NC(=O)/C=C/c2ccc(F)cc2)c1. The third-order valence-corrected chi connectivity index (χ3v) is 2.77. The number of rotatable bonds is 6. The standard InChI is InChI=1S/C18H16FNO2/c1-2-12-22-17-5-3-4-16(13-17)20-18(21)11-8-14-6-9-15(19)10-7-14/h2-11,13H,1,12H2,(H,20,21)/b11-8+. The Bertz CT molecular complexity index is 678.